The molecule has 0 aromatic rings. The van der Waals surface area contributed by atoms with Gasteiger partial charge in [-0.3, -0.25) is 0 Å². The Morgan fingerprint density at radius 2 is 1.17 bits per heavy atom. The smallest absolute Gasteiger partial charge is 0.330 e. The maximum atomic E-state index is 9.71. The maximum absolute atomic E-state index is 9.71. The van der Waals surface area contributed by atoms with Crippen LogP contribution in [-0.2, 0) is 9.59 Å². The van der Waals surface area contributed by atoms with Crippen molar-refractivity contribution in [3.63, 3.8) is 0 Å². The van der Waals surface area contributed by atoms with E-state index in [1.54, 1.807) is 0 Å². The van der Waals surface area contributed by atoms with Crippen LogP contribution in [0.1, 0.15) is 91.4 Å². The molecule has 178 valence electrons. The zero-order valence-corrected chi connectivity index (χ0v) is 19.1. The van der Waals surface area contributed by atoms with Crippen LogP contribution < -0.4 is 11.0 Å². The molecule has 0 amide bonds. The second kappa shape index (κ2) is 25.3. The number of carboxylic acids is 2. The Bertz CT molecular complexity index is 407. The van der Waals surface area contributed by atoms with Gasteiger partial charge >= 0.3 is 11.9 Å². The molecule has 8 heteroatoms. The largest absolute Gasteiger partial charge is 0.478 e. The van der Waals surface area contributed by atoms with Gasteiger partial charge in [-0.1, -0.05) is 71.4 Å². The molecule has 0 rings (SSSR count). The highest BCUT2D eigenvalue weighted by Crippen LogP contribution is 2.12. The number of hydrogen-bond acceptors (Lipinski definition) is 6. The lowest BCUT2D eigenvalue weighted by atomic mass is 10.0. The van der Waals surface area contributed by atoms with E-state index in [9.17, 15) is 14.7 Å². The lowest BCUT2D eigenvalue weighted by molar-refractivity contribution is -0.133. The average molecular weight is 433 g/mol. The van der Waals surface area contributed by atoms with Crippen LogP contribution in [0.2, 0.25) is 0 Å². The quantitative estimate of drug-likeness (QED) is 0.120. The Hall–Kier alpha value is -1.74. The minimum Gasteiger partial charge on any atom is -0.478 e. The van der Waals surface area contributed by atoms with E-state index in [1.165, 1.54) is 58.8 Å². The highest BCUT2D eigenvalue weighted by molar-refractivity contribution is 5.85. The molecular weight excluding hydrogens is 388 g/mol. The minimum absolute atomic E-state index is 0.175. The van der Waals surface area contributed by atoms with Crippen molar-refractivity contribution in [2.45, 2.75) is 97.5 Å². The summed E-state index contributed by atoms with van der Waals surface area (Å²) >= 11 is 0. The van der Waals surface area contributed by atoms with E-state index in [0.29, 0.717) is 6.54 Å². The number of nitrogens with one attached hydrogen (secondary N) is 2. The van der Waals surface area contributed by atoms with Crippen molar-refractivity contribution in [2.75, 3.05) is 6.54 Å². The highest BCUT2D eigenvalue weighted by atomic mass is 16.5. The van der Waals surface area contributed by atoms with Crippen LogP contribution >= 0.6 is 0 Å². The molecule has 0 radical (unpaired) electrons. The first-order chi connectivity index (χ1) is 14.1. The van der Waals surface area contributed by atoms with Gasteiger partial charge in [0.2, 0.25) is 0 Å². The van der Waals surface area contributed by atoms with Crippen molar-refractivity contribution >= 4 is 11.9 Å². The van der Waals surface area contributed by atoms with Gasteiger partial charge in [0.25, 0.3) is 0 Å². The molecule has 1 atom stereocenters. The van der Waals surface area contributed by atoms with Crippen molar-refractivity contribution in [1.29, 1.82) is 0 Å². The van der Waals surface area contributed by atoms with Crippen LogP contribution in [0.3, 0.4) is 0 Å². The molecule has 0 aromatic heterocycles. The Labute approximate surface area is 182 Å². The van der Waals surface area contributed by atoms with Gasteiger partial charge in [-0.15, -0.1) is 5.59 Å². The van der Waals surface area contributed by atoms with Gasteiger partial charge in [0.15, 0.2) is 0 Å². The van der Waals surface area contributed by atoms with Gasteiger partial charge in [-0.05, 0) is 33.1 Å². The van der Waals surface area contributed by atoms with Crippen molar-refractivity contribution in [3.8, 4) is 0 Å². The Morgan fingerprint density at radius 3 is 1.53 bits per heavy atom. The predicted molar refractivity (Wildman–Crippen MR) is 120 cm³/mol. The van der Waals surface area contributed by atoms with Crippen LogP contribution in [0.4, 0.5) is 0 Å². The summed E-state index contributed by atoms with van der Waals surface area (Å²) in [6.45, 7) is 12.1. The number of rotatable bonds is 16. The summed E-state index contributed by atoms with van der Waals surface area (Å²) in [6.07, 6.45) is 12.9. The maximum Gasteiger partial charge on any atom is 0.330 e. The molecule has 0 aliphatic rings. The molecule has 0 saturated heterocycles. The molecular formula is C22H44N2O6. The summed E-state index contributed by atoms with van der Waals surface area (Å²) in [6, 6.07) is 0. The zero-order chi connectivity index (χ0) is 23.8. The number of hydrogen-bond donors (Lipinski definition) is 6. The molecule has 0 aliphatic heterocycles. The zero-order valence-electron chi connectivity index (χ0n) is 19.1. The predicted octanol–water partition coefficient (Wildman–Crippen LogP) is 4.44. The number of aliphatic hydroxyl groups excluding tert-OH is 1. The third kappa shape index (κ3) is 33.8. The fourth-order valence-electron chi connectivity index (χ4n) is 2.14. The van der Waals surface area contributed by atoms with Gasteiger partial charge in [0.1, 0.15) is 0 Å². The summed E-state index contributed by atoms with van der Waals surface area (Å²) in [5.41, 5.74) is 4.84. The van der Waals surface area contributed by atoms with Gasteiger partial charge in [0, 0.05) is 17.7 Å². The molecule has 1 unspecified atom stereocenters. The van der Waals surface area contributed by atoms with Crippen molar-refractivity contribution in [3.05, 3.63) is 24.3 Å². The third-order valence-electron chi connectivity index (χ3n) is 4.04. The van der Waals surface area contributed by atoms with E-state index in [2.05, 4.69) is 25.5 Å². The van der Waals surface area contributed by atoms with Crippen molar-refractivity contribution in [2.24, 2.45) is 0 Å². The normalized spacial score (nSPS) is 10.7. The molecule has 6 N–H and O–H groups in total. The van der Waals surface area contributed by atoms with Crippen molar-refractivity contribution < 1.29 is 30.1 Å². The van der Waals surface area contributed by atoms with E-state index in [-0.39, 0.29) is 17.3 Å². The molecule has 0 aromatic carbocycles. The summed E-state index contributed by atoms with van der Waals surface area (Å²) in [4.78, 5) is 19.2. The van der Waals surface area contributed by atoms with Gasteiger partial charge in [-0.25, -0.2) is 15.0 Å². The lowest BCUT2D eigenvalue weighted by Gasteiger charge is -2.10. The van der Waals surface area contributed by atoms with E-state index in [0.717, 1.165) is 25.7 Å². The van der Waals surface area contributed by atoms with Crippen LogP contribution in [0.25, 0.3) is 0 Å². The first kappa shape index (κ1) is 32.9. The van der Waals surface area contributed by atoms with Crippen LogP contribution in [-0.4, -0.2) is 45.1 Å². The second-order valence-electron chi connectivity index (χ2n) is 7.27. The number of aliphatic hydroxyl groups is 1. The third-order valence-corrected chi connectivity index (χ3v) is 4.04. The monoisotopic (exact) mass is 432 g/mol. The van der Waals surface area contributed by atoms with E-state index in [4.69, 9.17) is 15.4 Å². The molecule has 8 nitrogen and oxygen atoms in total. The Balaban J connectivity index is -0.000000495. The fraction of sp³-hybridized carbons (Fsp3) is 0.727. The van der Waals surface area contributed by atoms with Crippen LogP contribution in [0.15, 0.2) is 24.3 Å². The van der Waals surface area contributed by atoms with E-state index in [1.807, 2.05) is 5.59 Å². The van der Waals surface area contributed by atoms with Crippen molar-refractivity contribution in [1.82, 2.24) is 11.0 Å². The first-order valence-electron chi connectivity index (χ1n) is 10.7. The molecule has 0 aliphatic carbocycles. The van der Waals surface area contributed by atoms with Gasteiger partial charge in [0.05, 0.1) is 6.10 Å². The summed E-state index contributed by atoms with van der Waals surface area (Å²) in [5.74, 6) is -1.87. The Morgan fingerprint density at radius 1 is 0.800 bits per heavy atom. The van der Waals surface area contributed by atoms with Gasteiger partial charge in [-0.2, -0.15) is 0 Å². The summed E-state index contributed by atoms with van der Waals surface area (Å²) in [7, 11) is 0. The molecule has 0 heterocycles. The lowest BCUT2D eigenvalue weighted by Crippen LogP contribution is -2.29. The standard InChI is InChI=1S/C14H32N2O2.2C4H6O2/c1-2-3-4-5-6-7-8-9-11-14(17)12-10-13-15-16-18;2*1-3(2)4(5)6/h14-18H,2-13H2,1H3;2*1H2,2H3,(H,5,6). The highest BCUT2D eigenvalue weighted by Gasteiger charge is 2.03. The SMILES string of the molecule is C=C(C)C(=O)O.C=C(C)C(=O)O.CCCCCCCCCCC(O)CCCNNO. The van der Waals surface area contributed by atoms with Crippen LogP contribution in [0, 0.1) is 0 Å². The molecule has 30 heavy (non-hydrogen) atoms. The summed E-state index contributed by atoms with van der Waals surface area (Å²) < 4.78 is 0. The number of aliphatic carboxylic acids is 2. The Kier molecular flexibility index (Phi) is 27.8. The van der Waals surface area contributed by atoms with E-state index >= 15 is 0 Å². The summed E-state index contributed by atoms with van der Waals surface area (Å²) in [5, 5.41) is 33.8. The molecule has 0 fully saturated rings. The second-order valence-corrected chi connectivity index (χ2v) is 7.27. The average Bonchev–Trinajstić information content (AvgIpc) is 2.68. The molecule has 0 spiro atoms. The van der Waals surface area contributed by atoms with Crippen LogP contribution in [0.5, 0.6) is 0 Å². The number of carbonyl (C=O) groups is 2. The topological polar surface area (TPSA) is 139 Å². The number of hydrazine groups is 1. The first-order valence-corrected chi connectivity index (χ1v) is 10.7. The van der Waals surface area contributed by atoms with E-state index < -0.39 is 11.9 Å². The fourth-order valence-corrected chi connectivity index (χ4v) is 2.14. The number of unbranched alkanes of at least 4 members (excludes halogenated alkanes) is 7. The molecule has 0 saturated carbocycles. The minimum atomic E-state index is -0.935. The van der Waals surface area contributed by atoms with Gasteiger partial charge < -0.3 is 20.5 Å². The molecule has 0 bridgehead atoms. The number of carboxylic acid groups (broad SMARTS) is 2.